The van der Waals surface area contributed by atoms with E-state index in [2.05, 4.69) is 17.1 Å². The molecule has 0 spiro atoms. The van der Waals surface area contributed by atoms with E-state index in [1.807, 2.05) is 28.5 Å². The fourth-order valence-electron chi connectivity index (χ4n) is 2.98. The first kappa shape index (κ1) is 17.8. The van der Waals surface area contributed by atoms with E-state index in [0.717, 1.165) is 49.0 Å². The van der Waals surface area contributed by atoms with Gasteiger partial charge in [0.1, 0.15) is 5.75 Å². The van der Waals surface area contributed by atoms with Crippen molar-refractivity contribution in [3.05, 3.63) is 24.3 Å². The number of benzene rings is 1. The maximum Gasteiger partial charge on any atom is 0.233 e. The lowest BCUT2D eigenvalue weighted by Crippen LogP contribution is -2.38. The number of hydrogen-bond acceptors (Lipinski definition) is 5. The second-order valence-corrected chi connectivity index (χ2v) is 7.39. The van der Waals surface area contributed by atoms with Gasteiger partial charge < -0.3 is 14.6 Å². The Morgan fingerprint density at radius 2 is 1.92 bits per heavy atom. The van der Waals surface area contributed by atoms with Crippen LogP contribution >= 0.6 is 11.8 Å². The highest BCUT2D eigenvalue weighted by atomic mass is 32.2. The summed E-state index contributed by atoms with van der Waals surface area (Å²) in [6.45, 7) is 6.72. The second kappa shape index (κ2) is 7.91. The molecule has 1 aromatic heterocycles. The topological polar surface area (TPSA) is 71.2 Å². The van der Waals surface area contributed by atoms with Gasteiger partial charge in [0.2, 0.25) is 5.91 Å². The van der Waals surface area contributed by atoms with Crippen LogP contribution in [-0.4, -0.2) is 49.5 Å². The number of aromatic hydroxyl groups is 1. The first-order valence-electron chi connectivity index (χ1n) is 8.71. The predicted octanol–water partition coefficient (Wildman–Crippen LogP) is 3.02. The van der Waals surface area contributed by atoms with Crippen LogP contribution in [0.3, 0.4) is 0 Å². The van der Waals surface area contributed by atoms with Crippen molar-refractivity contribution < 1.29 is 9.90 Å². The molecule has 1 aliphatic rings. The monoisotopic (exact) mass is 360 g/mol. The molecule has 1 aromatic carbocycles. The largest absolute Gasteiger partial charge is 0.508 e. The lowest BCUT2D eigenvalue weighted by molar-refractivity contribution is -0.129. The molecule has 1 saturated heterocycles. The summed E-state index contributed by atoms with van der Waals surface area (Å²) in [6, 6.07) is 6.91. The van der Waals surface area contributed by atoms with Gasteiger partial charge in [0.15, 0.2) is 11.0 Å². The smallest absolute Gasteiger partial charge is 0.233 e. The molecule has 2 aromatic rings. The summed E-state index contributed by atoms with van der Waals surface area (Å²) in [6.07, 6.45) is 2.18. The molecular weight excluding hydrogens is 336 g/mol. The number of phenolic OH excluding ortho intramolecular Hbond substituents is 1. The van der Waals surface area contributed by atoms with E-state index in [9.17, 15) is 9.90 Å². The molecule has 0 saturated carbocycles. The van der Waals surface area contributed by atoms with E-state index in [1.54, 1.807) is 12.1 Å². The van der Waals surface area contributed by atoms with E-state index >= 15 is 0 Å². The van der Waals surface area contributed by atoms with Crippen LogP contribution in [0.1, 0.15) is 26.7 Å². The number of piperidine rings is 1. The minimum absolute atomic E-state index is 0.175. The van der Waals surface area contributed by atoms with Crippen LogP contribution in [0.4, 0.5) is 0 Å². The van der Waals surface area contributed by atoms with Gasteiger partial charge in [-0.05, 0) is 49.9 Å². The van der Waals surface area contributed by atoms with Gasteiger partial charge in [-0.15, -0.1) is 10.2 Å². The Morgan fingerprint density at radius 3 is 2.56 bits per heavy atom. The number of carbonyl (C=O) groups excluding carboxylic acids is 1. The summed E-state index contributed by atoms with van der Waals surface area (Å²) < 4.78 is 2.00. The van der Waals surface area contributed by atoms with E-state index < -0.39 is 0 Å². The van der Waals surface area contributed by atoms with Crippen molar-refractivity contribution in [1.82, 2.24) is 19.7 Å². The Bertz CT molecular complexity index is 721. The van der Waals surface area contributed by atoms with Crippen LogP contribution in [0.5, 0.6) is 5.75 Å². The van der Waals surface area contributed by atoms with Crippen molar-refractivity contribution in [3.63, 3.8) is 0 Å². The van der Waals surface area contributed by atoms with Crippen LogP contribution in [0.25, 0.3) is 11.4 Å². The van der Waals surface area contributed by atoms with Gasteiger partial charge in [-0.3, -0.25) is 4.79 Å². The van der Waals surface area contributed by atoms with Gasteiger partial charge in [-0.1, -0.05) is 18.7 Å². The summed E-state index contributed by atoms with van der Waals surface area (Å²) in [7, 11) is 0. The standard InChI is InChI=1S/C18H24N4O2S/c1-3-22-17(14-4-6-15(23)7-5-14)19-20-18(22)25-12-16(24)21-10-8-13(2)9-11-21/h4-7,13,23H,3,8-12H2,1-2H3. The van der Waals surface area contributed by atoms with Crippen molar-refractivity contribution in [2.45, 2.75) is 38.4 Å². The molecule has 1 fully saturated rings. The molecule has 7 heteroatoms. The van der Waals surface area contributed by atoms with Gasteiger partial charge in [-0.25, -0.2) is 0 Å². The fraction of sp³-hybridized carbons (Fsp3) is 0.500. The van der Waals surface area contributed by atoms with E-state index in [-0.39, 0.29) is 11.7 Å². The Hall–Kier alpha value is -2.02. The summed E-state index contributed by atoms with van der Waals surface area (Å²) in [5, 5.41) is 18.7. The number of thioether (sulfide) groups is 1. The molecule has 1 N–H and O–H groups in total. The van der Waals surface area contributed by atoms with Gasteiger partial charge >= 0.3 is 0 Å². The van der Waals surface area contributed by atoms with E-state index in [1.165, 1.54) is 11.8 Å². The minimum Gasteiger partial charge on any atom is -0.508 e. The molecule has 134 valence electrons. The number of rotatable bonds is 5. The third-order valence-corrected chi connectivity index (χ3v) is 5.57. The van der Waals surface area contributed by atoms with Crippen LogP contribution in [0.2, 0.25) is 0 Å². The van der Waals surface area contributed by atoms with Gasteiger partial charge in [0, 0.05) is 25.2 Å². The second-order valence-electron chi connectivity index (χ2n) is 6.45. The molecule has 2 heterocycles. The summed E-state index contributed by atoms with van der Waals surface area (Å²) in [4.78, 5) is 14.4. The normalized spacial score (nSPS) is 15.5. The third kappa shape index (κ3) is 4.15. The first-order chi connectivity index (χ1) is 12.1. The van der Waals surface area contributed by atoms with Crippen molar-refractivity contribution in [3.8, 4) is 17.1 Å². The third-order valence-electron chi connectivity index (χ3n) is 4.62. The van der Waals surface area contributed by atoms with Crippen molar-refractivity contribution in [1.29, 1.82) is 0 Å². The van der Waals surface area contributed by atoms with E-state index in [4.69, 9.17) is 0 Å². The zero-order valence-electron chi connectivity index (χ0n) is 14.7. The SMILES string of the molecule is CCn1c(SCC(=O)N2CCC(C)CC2)nnc1-c1ccc(O)cc1. The molecule has 0 aliphatic carbocycles. The zero-order chi connectivity index (χ0) is 17.8. The lowest BCUT2D eigenvalue weighted by Gasteiger charge is -2.30. The molecule has 3 rings (SSSR count). The summed E-state index contributed by atoms with van der Waals surface area (Å²) in [5.74, 6) is 2.26. The molecule has 1 aliphatic heterocycles. The van der Waals surface area contributed by atoms with Crippen molar-refractivity contribution >= 4 is 17.7 Å². The molecule has 25 heavy (non-hydrogen) atoms. The van der Waals surface area contributed by atoms with Crippen LogP contribution in [-0.2, 0) is 11.3 Å². The van der Waals surface area contributed by atoms with Gasteiger partial charge in [-0.2, -0.15) is 0 Å². The van der Waals surface area contributed by atoms with Gasteiger partial charge in [0.25, 0.3) is 0 Å². The number of likely N-dealkylation sites (tertiary alicyclic amines) is 1. The zero-order valence-corrected chi connectivity index (χ0v) is 15.5. The number of hydrogen-bond donors (Lipinski definition) is 1. The van der Waals surface area contributed by atoms with E-state index in [0.29, 0.717) is 11.7 Å². The molecule has 0 unspecified atom stereocenters. The Kier molecular flexibility index (Phi) is 5.63. The Labute approximate surface area is 152 Å². The quantitative estimate of drug-likeness (QED) is 0.830. The van der Waals surface area contributed by atoms with Crippen LogP contribution in [0.15, 0.2) is 29.4 Å². The average Bonchev–Trinajstić information content (AvgIpc) is 3.04. The number of aromatic nitrogens is 3. The molecule has 0 atom stereocenters. The molecular formula is C18H24N4O2S. The maximum atomic E-state index is 12.4. The van der Waals surface area contributed by atoms with Crippen LogP contribution < -0.4 is 0 Å². The van der Waals surface area contributed by atoms with Gasteiger partial charge in [0.05, 0.1) is 5.75 Å². The number of carbonyl (C=O) groups is 1. The minimum atomic E-state index is 0.175. The van der Waals surface area contributed by atoms with Crippen molar-refractivity contribution in [2.75, 3.05) is 18.8 Å². The summed E-state index contributed by atoms with van der Waals surface area (Å²) in [5.41, 5.74) is 0.898. The molecule has 6 nitrogen and oxygen atoms in total. The van der Waals surface area contributed by atoms with Crippen LogP contribution in [0, 0.1) is 5.92 Å². The Morgan fingerprint density at radius 1 is 1.24 bits per heavy atom. The highest BCUT2D eigenvalue weighted by Crippen LogP contribution is 2.26. The number of amides is 1. The molecule has 1 amide bonds. The molecule has 0 radical (unpaired) electrons. The number of nitrogens with zero attached hydrogens (tertiary/aromatic N) is 4. The summed E-state index contributed by atoms with van der Waals surface area (Å²) >= 11 is 1.44. The lowest BCUT2D eigenvalue weighted by atomic mass is 9.99. The average molecular weight is 360 g/mol. The maximum absolute atomic E-state index is 12.4. The highest BCUT2D eigenvalue weighted by molar-refractivity contribution is 7.99. The Balaban J connectivity index is 1.67. The highest BCUT2D eigenvalue weighted by Gasteiger charge is 2.21. The van der Waals surface area contributed by atoms with Crippen molar-refractivity contribution in [2.24, 2.45) is 5.92 Å². The number of phenols is 1. The fourth-order valence-corrected chi connectivity index (χ4v) is 3.89. The molecule has 0 bridgehead atoms. The first-order valence-corrected chi connectivity index (χ1v) is 9.70. The predicted molar refractivity (Wildman–Crippen MR) is 98.5 cm³/mol.